The van der Waals surface area contributed by atoms with Crippen LogP contribution in [-0.2, 0) is 6.61 Å². The van der Waals surface area contributed by atoms with Gasteiger partial charge in [0.15, 0.2) is 11.5 Å². The zero-order chi connectivity index (χ0) is 16.7. The van der Waals surface area contributed by atoms with Crippen LogP contribution in [0.5, 0.6) is 11.5 Å². The zero-order valence-electron chi connectivity index (χ0n) is 12.6. The van der Waals surface area contributed by atoms with E-state index in [4.69, 9.17) is 32.5 Å². The van der Waals surface area contributed by atoms with Crippen LogP contribution >= 0.6 is 11.6 Å². The summed E-state index contributed by atoms with van der Waals surface area (Å²) in [6.45, 7) is 0.295. The van der Waals surface area contributed by atoms with Crippen molar-refractivity contribution in [3.05, 3.63) is 58.6 Å². The number of halogens is 1. The minimum atomic E-state index is -0.123. The van der Waals surface area contributed by atoms with E-state index >= 15 is 0 Å². The largest absolute Gasteiger partial charge is 0.493 e. The number of methoxy groups -OCH3 is 1. The van der Waals surface area contributed by atoms with E-state index in [2.05, 4.69) is 10.2 Å². The van der Waals surface area contributed by atoms with Gasteiger partial charge in [0, 0.05) is 16.1 Å². The monoisotopic (exact) mass is 332 g/mol. The van der Waals surface area contributed by atoms with Crippen LogP contribution in [0.3, 0.4) is 0 Å². The number of rotatable bonds is 6. The third-order valence-corrected chi connectivity index (χ3v) is 3.30. The second-order valence-corrected chi connectivity index (χ2v) is 4.94. The molecule has 0 bridgehead atoms. The van der Waals surface area contributed by atoms with E-state index in [0.717, 1.165) is 5.56 Å². The van der Waals surface area contributed by atoms with Gasteiger partial charge in [0.25, 0.3) is 0 Å². The Morgan fingerprint density at radius 1 is 1.17 bits per heavy atom. The van der Waals surface area contributed by atoms with Crippen molar-refractivity contribution >= 4 is 23.8 Å². The van der Waals surface area contributed by atoms with Gasteiger partial charge in [0.1, 0.15) is 6.61 Å². The van der Waals surface area contributed by atoms with Crippen molar-refractivity contribution in [1.82, 2.24) is 0 Å². The Hall–Kier alpha value is -2.73. The van der Waals surface area contributed by atoms with E-state index < -0.39 is 0 Å². The molecular formula is C16H17ClN4O2. The molecule has 7 heteroatoms. The highest BCUT2D eigenvalue weighted by Gasteiger charge is 2.10. The Kier molecular flexibility index (Phi) is 5.82. The molecule has 23 heavy (non-hydrogen) atoms. The van der Waals surface area contributed by atoms with Gasteiger partial charge < -0.3 is 20.9 Å². The van der Waals surface area contributed by atoms with Gasteiger partial charge in [-0.15, -0.1) is 5.10 Å². The zero-order valence-corrected chi connectivity index (χ0v) is 13.3. The third-order valence-electron chi connectivity index (χ3n) is 2.93. The summed E-state index contributed by atoms with van der Waals surface area (Å²) in [4.78, 5) is 0. The van der Waals surface area contributed by atoms with Gasteiger partial charge in [-0.3, -0.25) is 0 Å². The molecule has 0 fully saturated rings. The second kappa shape index (κ2) is 8.05. The van der Waals surface area contributed by atoms with Crippen molar-refractivity contribution in [2.45, 2.75) is 6.61 Å². The van der Waals surface area contributed by atoms with Gasteiger partial charge in [-0.1, -0.05) is 35.9 Å². The van der Waals surface area contributed by atoms with Crippen molar-refractivity contribution in [1.29, 1.82) is 0 Å². The number of ether oxygens (including phenoxy) is 2. The Morgan fingerprint density at radius 3 is 2.65 bits per heavy atom. The normalized spacial score (nSPS) is 10.5. The van der Waals surface area contributed by atoms with Gasteiger partial charge in [0.05, 0.1) is 13.3 Å². The molecule has 0 radical (unpaired) electrons. The van der Waals surface area contributed by atoms with Crippen molar-refractivity contribution in [2.24, 2.45) is 21.7 Å². The van der Waals surface area contributed by atoms with Crippen LogP contribution in [0, 0.1) is 0 Å². The van der Waals surface area contributed by atoms with Crippen molar-refractivity contribution in [3.8, 4) is 11.5 Å². The molecule has 2 aromatic rings. The van der Waals surface area contributed by atoms with Gasteiger partial charge in [0.2, 0.25) is 5.96 Å². The second-order valence-electron chi connectivity index (χ2n) is 4.53. The number of benzene rings is 2. The van der Waals surface area contributed by atoms with E-state index in [0.29, 0.717) is 28.7 Å². The summed E-state index contributed by atoms with van der Waals surface area (Å²) in [5.41, 5.74) is 12.0. The Labute approximate surface area is 139 Å². The first kappa shape index (κ1) is 16.6. The maximum Gasteiger partial charge on any atom is 0.211 e. The predicted octanol–water partition coefficient (Wildman–Crippen LogP) is 2.53. The number of hydrogen-bond acceptors (Lipinski definition) is 4. The topological polar surface area (TPSA) is 95.2 Å². The fourth-order valence-electron chi connectivity index (χ4n) is 1.87. The fraction of sp³-hybridized carbons (Fsp3) is 0.125. The highest BCUT2D eigenvalue weighted by atomic mass is 35.5. The molecule has 4 N–H and O–H groups in total. The van der Waals surface area contributed by atoms with E-state index in [1.54, 1.807) is 13.2 Å². The van der Waals surface area contributed by atoms with Gasteiger partial charge in [-0.25, -0.2) is 0 Å². The molecule has 120 valence electrons. The van der Waals surface area contributed by atoms with Gasteiger partial charge in [-0.2, -0.15) is 5.10 Å². The standard InChI is InChI=1S/C16H17ClN4O2/c1-22-14-8-4-6-11(9-20-21-16(18)19)15(14)23-10-12-5-2-3-7-13(12)17/h2-9H,10H2,1H3,(H4,18,19,21)/b20-9+. The SMILES string of the molecule is COc1cccc(/C=N/N=C(N)N)c1OCc1ccccc1Cl. The highest BCUT2D eigenvalue weighted by molar-refractivity contribution is 6.31. The summed E-state index contributed by atoms with van der Waals surface area (Å²) < 4.78 is 11.2. The molecule has 0 atom stereocenters. The average molecular weight is 333 g/mol. The molecule has 0 saturated heterocycles. The van der Waals surface area contributed by atoms with Crippen molar-refractivity contribution in [2.75, 3.05) is 7.11 Å². The lowest BCUT2D eigenvalue weighted by atomic mass is 10.2. The lowest BCUT2D eigenvalue weighted by molar-refractivity contribution is 0.284. The van der Waals surface area contributed by atoms with Crippen LogP contribution in [0.15, 0.2) is 52.7 Å². The van der Waals surface area contributed by atoms with Crippen LogP contribution in [0.1, 0.15) is 11.1 Å². The first-order valence-electron chi connectivity index (χ1n) is 6.77. The van der Waals surface area contributed by atoms with Crippen molar-refractivity contribution in [3.63, 3.8) is 0 Å². The molecule has 0 heterocycles. The summed E-state index contributed by atoms with van der Waals surface area (Å²) >= 11 is 6.14. The van der Waals surface area contributed by atoms with Crippen LogP contribution < -0.4 is 20.9 Å². The van der Waals surface area contributed by atoms with E-state index in [-0.39, 0.29) is 5.96 Å². The Balaban J connectivity index is 2.26. The minimum absolute atomic E-state index is 0.123. The number of nitrogens with zero attached hydrogens (tertiary/aromatic N) is 2. The summed E-state index contributed by atoms with van der Waals surface area (Å²) in [5.74, 6) is 0.984. The summed E-state index contributed by atoms with van der Waals surface area (Å²) in [6.07, 6.45) is 1.49. The first-order valence-corrected chi connectivity index (χ1v) is 7.14. The maximum atomic E-state index is 6.14. The molecule has 0 aliphatic rings. The number of para-hydroxylation sites is 1. The quantitative estimate of drug-likeness (QED) is 0.482. The summed E-state index contributed by atoms with van der Waals surface area (Å²) in [6, 6.07) is 12.9. The minimum Gasteiger partial charge on any atom is -0.493 e. The van der Waals surface area contributed by atoms with E-state index in [9.17, 15) is 0 Å². The number of nitrogens with two attached hydrogens (primary N) is 2. The summed E-state index contributed by atoms with van der Waals surface area (Å²) in [5, 5.41) is 8.01. The van der Waals surface area contributed by atoms with Crippen molar-refractivity contribution < 1.29 is 9.47 Å². The summed E-state index contributed by atoms with van der Waals surface area (Å²) in [7, 11) is 1.56. The molecule has 0 aliphatic heterocycles. The maximum absolute atomic E-state index is 6.14. The Morgan fingerprint density at radius 2 is 1.96 bits per heavy atom. The number of guanidine groups is 1. The van der Waals surface area contributed by atoms with Crippen LogP contribution in [-0.4, -0.2) is 19.3 Å². The molecular weight excluding hydrogens is 316 g/mol. The molecule has 6 nitrogen and oxygen atoms in total. The molecule has 0 saturated carbocycles. The molecule has 0 amide bonds. The molecule has 2 rings (SSSR count). The third kappa shape index (κ3) is 4.62. The number of hydrogen-bond donors (Lipinski definition) is 2. The van der Waals surface area contributed by atoms with Crippen LogP contribution in [0.25, 0.3) is 0 Å². The Bertz CT molecular complexity index is 728. The lowest BCUT2D eigenvalue weighted by Crippen LogP contribution is -2.21. The lowest BCUT2D eigenvalue weighted by Gasteiger charge is -2.13. The van der Waals surface area contributed by atoms with Crippen LogP contribution in [0.2, 0.25) is 5.02 Å². The molecule has 0 spiro atoms. The molecule has 0 aliphatic carbocycles. The average Bonchev–Trinajstić information content (AvgIpc) is 2.54. The smallest absolute Gasteiger partial charge is 0.211 e. The van der Waals surface area contributed by atoms with Gasteiger partial charge in [-0.05, 0) is 18.2 Å². The fourth-order valence-corrected chi connectivity index (χ4v) is 2.06. The van der Waals surface area contributed by atoms with Crippen LogP contribution in [0.4, 0.5) is 0 Å². The highest BCUT2D eigenvalue weighted by Crippen LogP contribution is 2.31. The van der Waals surface area contributed by atoms with E-state index in [1.165, 1.54) is 6.21 Å². The molecule has 0 unspecified atom stereocenters. The first-order chi connectivity index (χ1) is 11.1. The molecule has 2 aromatic carbocycles. The molecule has 0 aromatic heterocycles. The van der Waals surface area contributed by atoms with Gasteiger partial charge >= 0.3 is 0 Å². The predicted molar refractivity (Wildman–Crippen MR) is 92.2 cm³/mol. The van der Waals surface area contributed by atoms with E-state index in [1.807, 2.05) is 36.4 Å².